The van der Waals surface area contributed by atoms with Crippen LogP contribution in [0.15, 0.2) is 0 Å². The first-order chi connectivity index (χ1) is 28.4. The summed E-state index contributed by atoms with van der Waals surface area (Å²) in [5.41, 5.74) is 0. The maximum Gasteiger partial charge on any atom is 0.305 e. The van der Waals surface area contributed by atoms with Crippen LogP contribution in [0.1, 0.15) is 252 Å². The molecule has 0 N–H and O–H groups in total. The number of hydrogen-bond acceptors (Lipinski definition) is 7. The molecule has 0 aliphatic carbocycles. The van der Waals surface area contributed by atoms with Crippen molar-refractivity contribution < 1.29 is 28.5 Å². The molecule has 2 aliphatic rings. The van der Waals surface area contributed by atoms with Gasteiger partial charge in [-0.3, -0.25) is 9.59 Å². The summed E-state index contributed by atoms with van der Waals surface area (Å²) >= 11 is 0. The number of hydrogen-bond donors (Lipinski definition) is 0. The molecule has 2 fully saturated rings. The number of rotatable bonds is 41. The second-order valence-corrected chi connectivity index (χ2v) is 18.6. The molecule has 2 heterocycles. The van der Waals surface area contributed by atoms with E-state index >= 15 is 0 Å². The van der Waals surface area contributed by atoms with E-state index in [4.69, 9.17) is 18.9 Å². The molecule has 0 aromatic carbocycles. The zero-order valence-electron chi connectivity index (χ0n) is 39.1. The summed E-state index contributed by atoms with van der Waals surface area (Å²) in [5, 5.41) is 0. The fraction of sp³-hybridized carbons (Fsp3) is 0.961. The van der Waals surface area contributed by atoms with Gasteiger partial charge in [-0.2, -0.15) is 0 Å². The molecule has 0 radical (unpaired) electrons. The van der Waals surface area contributed by atoms with Crippen molar-refractivity contribution >= 4 is 11.9 Å². The number of carbonyl (C=O) groups is 2. The van der Waals surface area contributed by atoms with Gasteiger partial charge in [0.15, 0.2) is 5.79 Å². The van der Waals surface area contributed by atoms with Crippen molar-refractivity contribution in [2.45, 2.75) is 264 Å². The molecule has 58 heavy (non-hydrogen) atoms. The summed E-state index contributed by atoms with van der Waals surface area (Å²) in [4.78, 5) is 27.2. The monoisotopic (exact) mass is 820 g/mol. The highest BCUT2D eigenvalue weighted by Crippen LogP contribution is 2.36. The van der Waals surface area contributed by atoms with Gasteiger partial charge in [-0.25, -0.2) is 0 Å². The van der Waals surface area contributed by atoms with Crippen LogP contribution in [0.2, 0.25) is 0 Å². The van der Waals surface area contributed by atoms with Crippen LogP contribution < -0.4 is 0 Å². The Morgan fingerprint density at radius 2 is 0.948 bits per heavy atom. The Morgan fingerprint density at radius 1 is 0.552 bits per heavy atom. The smallest absolute Gasteiger partial charge is 0.305 e. The average Bonchev–Trinajstić information content (AvgIpc) is 3.91. The highest BCUT2D eigenvalue weighted by molar-refractivity contribution is 5.69. The van der Waals surface area contributed by atoms with Gasteiger partial charge < -0.3 is 23.8 Å². The van der Waals surface area contributed by atoms with E-state index in [1.54, 1.807) is 0 Å². The Bertz CT molecular complexity index is 881. The van der Waals surface area contributed by atoms with E-state index in [0.29, 0.717) is 37.9 Å². The Labute approximate surface area is 360 Å². The molecular weight excluding hydrogens is 723 g/mol. The van der Waals surface area contributed by atoms with E-state index in [2.05, 4.69) is 32.6 Å². The van der Waals surface area contributed by atoms with E-state index in [0.717, 1.165) is 83.8 Å². The molecule has 7 heteroatoms. The largest absolute Gasteiger partial charge is 0.466 e. The summed E-state index contributed by atoms with van der Waals surface area (Å²) in [5.74, 6) is 1.03. The predicted molar refractivity (Wildman–Crippen MR) is 243 cm³/mol. The lowest BCUT2D eigenvalue weighted by Crippen LogP contribution is -2.32. The van der Waals surface area contributed by atoms with Crippen molar-refractivity contribution in [2.75, 3.05) is 39.5 Å². The van der Waals surface area contributed by atoms with Crippen molar-refractivity contribution in [2.24, 2.45) is 11.8 Å². The van der Waals surface area contributed by atoms with Gasteiger partial charge in [-0.05, 0) is 82.7 Å². The van der Waals surface area contributed by atoms with E-state index < -0.39 is 5.79 Å². The molecule has 0 saturated carbocycles. The van der Waals surface area contributed by atoms with Crippen LogP contribution in [0.4, 0.5) is 0 Å². The summed E-state index contributed by atoms with van der Waals surface area (Å²) in [7, 11) is 0. The number of carbonyl (C=O) groups excluding carboxylic acids is 2. The number of ether oxygens (including phenoxy) is 4. The first-order valence-electron chi connectivity index (χ1n) is 25.8. The molecular formula is C51H97NO6. The van der Waals surface area contributed by atoms with Gasteiger partial charge in [0.25, 0.3) is 0 Å². The minimum Gasteiger partial charge on any atom is -0.466 e. The van der Waals surface area contributed by atoms with Crippen LogP contribution in [-0.2, 0) is 28.5 Å². The summed E-state index contributed by atoms with van der Waals surface area (Å²) in [6, 6.07) is 0. The minimum absolute atomic E-state index is 0.00138. The van der Waals surface area contributed by atoms with Crippen molar-refractivity contribution in [3.63, 3.8) is 0 Å². The van der Waals surface area contributed by atoms with Crippen LogP contribution in [0.3, 0.4) is 0 Å². The molecule has 0 aromatic heterocycles. The molecule has 0 amide bonds. The SMILES string of the molecule is CCCCC(CCCC)CCOC(=O)CCCCCCCCCC1(CCCCCCCCCC(=O)OCCC(CCCC)CCCC)OCC(CCN2CCCC2)O1. The van der Waals surface area contributed by atoms with Gasteiger partial charge in [0.1, 0.15) is 0 Å². The minimum atomic E-state index is -0.394. The fourth-order valence-corrected chi connectivity index (χ4v) is 9.23. The normalized spacial score (nSPS) is 16.9. The number of unbranched alkanes of at least 4 members (excludes halogenated alkanes) is 16. The first kappa shape index (κ1) is 53.0. The topological polar surface area (TPSA) is 74.3 Å². The third-order valence-corrected chi connectivity index (χ3v) is 13.2. The fourth-order valence-electron chi connectivity index (χ4n) is 9.23. The predicted octanol–water partition coefficient (Wildman–Crippen LogP) is 14.5. The zero-order valence-corrected chi connectivity index (χ0v) is 39.1. The van der Waals surface area contributed by atoms with E-state index in [1.807, 2.05) is 0 Å². The number of likely N-dealkylation sites (tertiary alicyclic amines) is 1. The molecule has 0 bridgehead atoms. The molecule has 0 spiro atoms. The van der Waals surface area contributed by atoms with Crippen molar-refractivity contribution in [3.8, 4) is 0 Å². The van der Waals surface area contributed by atoms with Crippen LogP contribution in [0.25, 0.3) is 0 Å². The molecule has 1 unspecified atom stereocenters. The molecule has 342 valence electrons. The highest BCUT2D eigenvalue weighted by Gasteiger charge is 2.40. The third-order valence-electron chi connectivity index (χ3n) is 13.2. The maximum absolute atomic E-state index is 12.3. The van der Waals surface area contributed by atoms with Crippen LogP contribution in [0.5, 0.6) is 0 Å². The summed E-state index contributed by atoms with van der Waals surface area (Å²) in [6.07, 6.45) is 40.7. The maximum atomic E-state index is 12.3. The Morgan fingerprint density at radius 3 is 1.36 bits per heavy atom. The molecule has 2 rings (SSSR count). The number of esters is 2. The zero-order chi connectivity index (χ0) is 41.8. The standard InChI is InChI=1S/C51H97NO6/c1-5-9-29-46(30-10-6-2)36-43-55-49(53)33-23-19-15-13-17-21-25-38-51(57-45-48(58-51)35-42-52-40-27-28-41-52)39-26-22-18-14-16-20-24-34-50(54)56-44-37-47(31-11-7-3)32-12-8-4/h46-48H,5-45H2,1-4H3. The van der Waals surface area contributed by atoms with Crippen LogP contribution >= 0.6 is 0 Å². The molecule has 2 saturated heterocycles. The lowest BCUT2D eigenvalue weighted by atomic mass is 9.93. The average molecular weight is 820 g/mol. The van der Waals surface area contributed by atoms with Crippen molar-refractivity contribution in [3.05, 3.63) is 0 Å². The van der Waals surface area contributed by atoms with Gasteiger partial charge in [0.2, 0.25) is 0 Å². The lowest BCUT2D eigenvalue weighted by Gasteiger charge is -2.29. The first-order valence-corrected chi connectivity index (χ1v) is 25.8. The Kier molecular flexibility index (Phi) is 33.3. The molecule has 1 atom stereocenters. The molecule has 2 aliphatic heterocycles. The van der Waals surface area contributed by atoms with Crippen LogP contribution in [0, 0.1) is 11.8 Å². The van der Waals surface area contributed by atoms with Crippen molar-refractivity contribution in [1.29, 1.82) is 0 Å². The number of nitrogens with zero attached hydrogens (tertiary/aromatic N) is 1. The van der Waals surface area contributed by atoms with E-state index in [9.17, 15) is 9.59 Å². The van der Waals surface area contributed by atoms with Gasteiger partial charge in [-0.1, -0.05) is 169 Å². The Balaban J connectivity index is 1.57. The van der Waals surface area contributed by atoms with Gasteiger partial charge in [0.05, 0.1) is 25.9 Å². The summed E-state index contributed by atoms with van der Waals surface area (Å²) < 4.78 is 24.6. The third kappa shape index (κ3) is 27.6. The molecule has 7 nitrogen and oxygen atoms in total. The summed E-state index contributed by atoms with van der Waals surface area (Å²) in [6.45, 7) is 14.6. The second-order valence-electron chi connectivity index (χ2n) is 18.6. The van der Waals surface area contributed by atoms with Crippen molar-refractivity contribution in [1.82, 2.24) is 4.90 Å². The van der Waals surface area contributed by atoms with Gasteiger partial charge in [-0.15, -0.1) is 0 Å². The van der Waals surface area contributed by atoms with Crippen LogP contribution in [-0.4, -0.2) is 68.2 Å². The highest BCUT2D eigenvalue weighted by atomic mass is 16.7. The van der Waals surface area contributed by atoms with E-state index in [1.165, 1.54) is 154 Å². The molecule has 0 aromatic rings. The van der Waals surface area contributed by atoms with Gasteiger partial charge in [0, 0.05) is 32.2 Å². The second kappa shape index (κ2) is 36.5. The lowest BCUT2D eigenvalue weighted by molar-refractivity contribution is -0.180. The Hall–Kier alpha value is -1.18. The van der Waals surface area contributed by atoms with E-state index in [-0.39, 0.29) is 18.0 Å². The quantitative estimate of drug-likeness (QED) is 0.0449. The van der Waals surface area contributed by atoms with Gasteiger partial charge >= 0.3 is 11.9 Å².